The third kappa shape index (κ3) is 11.2. The van der Waals surface area contributed by atoms with E-state index in [1.54, 1.807) is 0 Å². The third-order valence-electron chi connectivity index (χ3n) is 6.67. The summed E-state index contributed by atoms with van der Waals surface area (Å²) in [5, 5.41) is 18.6. The Hall–Kier alpha value is -3.15. The second-order valence-corrected chi connectivity index (χ2v) is 11.9. The molecule has 0 saturated heterocycles. The first-order valence-electron chi connectivity index (χ1n) is 14.2. The molecule has 4 unspecified atom stereocenters. The molecule has 5 nitrogen and oxygen atoms in total. The zero-order valence-corrected chi connectivity index (χ0v) is 24.1. The van der Waals surface area contributed by atoms with Gasteiger partial charge in [0.05, 0.1) is 6.10 Å². The number of ether oxygens (including phenoxy) is 1. The van der Waals surface area contributed by atoms with Crippen molar-refractivity contribution in [2.24, 2.45) is 5.92 Å². The number of carbonyl (C=O) groups excluding carboxylic acids is 1. The second kappa shape index (κ2) is 14.9. The number of nitrogens with one attached hydrogen (secondary N) is 2. The van der Waals surface area contributed by atoms with Crippen molar-refractivity contribution in [2.45, 2.75) is 90.1 Å². The molecule has 0 bridgehead atoms. The Labute approximate surface area is 235 Å². The molecule has 0 saturated carbocycles. The molecule has 0 aliphatic carbocycles. The summed E-state index contributed by atoms with van der Waals surface area (Å²) in [6, 6.07) is 30.7. The highest BCUT2D eigenvalue weighted by atomic mass is 16.6. The molecule has 1 amide bonds. The van der Waals surface area contributed by atoms with E-state index in [-0.39, 0.29) is 18.1 Å². The molecule has 3 aromatic rings. The minimum Gasteiger partial charge on any atom is -0.444 e. The summed E-state index contributed by atoms with van der Waals surface area (Å²) < 4.78 is 5.53. The number of alkyl carbamates (subject to hydrolysis) is 1. The first-order chi connectivity index (χ1) is 18.6. The molecule has 0 aliphatic heterocycles. The minimum absolute atomic E-state index is 0.0133. The Kier molecular flexibility index (Phi) is 11.6. The molecule has 39 heavy (non-hydrogen) atoms. The highest BCUT2D eigenvalue weighted by Gasteiger charge is 2.28. The van der Waals surface area contributed by atoms with Gasteiger partial charge in [0.15, 0.2) is 0 Å². The monoisotopic (exact) mass is 530 g/mol. The van der Waals surface area contributed by atoms with Crippen LogP contribution in [0, 0.1) is 5.92 Å². The van der Waals surface area contributed by atoms with Crippen LogP contribution in [0.1, 0.15) is 70.2 Å². The van der Waals surface area contributed by atoms with E-state index >= 15 is 0 Å². The Morgan fingerprint density at radius 2 is 1.31 bits per heavy atom. The summed E-state index contributed by atoms with van der Waals surface area (Å²) in [5.41, 5.74) is 2.98. The minimum atomic E-state index is -0.689. The van der Waals surface area contributed by atoms with Crippen molar-refractivity contribution in [1.29, 1.82) is 0 Å². The van der Waals surface area contributed by atoms with Gasteiger partial charge in [0.2, 0.25) is 0 Å². The standard InChI is InChI=1S/C34H46N2O3/c1-25(2)21-29(35-33(38)39-34(3,4)5)24-32(37)31(23-27-17-11-7-12-18-27)36-30(28-19-13-8-14-20-28)22-26-15-9-6-10-16-26/h6-20,25,29-32,36-37H,21-24H2,1-5H3,(H,35,38). The van der Waals surface area contributed by atoms with Crippen molar-refractivity contribution in [3.8, 4) is 0 Å². The van der Waals surface area contributed by atoms with Gasteiger partial charge in [0.25, 0.3) is 0 Å². The van der Waals surface area contributed by atoms with Crippen molar-refractivity contribution in [2.75, 3.05) is 0 Å². The molecule has 3 N–H and O–H groups in total. The van der Waals surface area contributed by atoms with Crippen molar-refractivity contribution < 1.29 is 14.6 Å². The summed E-state index contributed by atoms with van der Waals surface area (Å²) in [4.78, 5) is 12.6. The Balaban J connectivity index is 1.85. The number of hydrogen-bond donors (Lipinski definition) is 3. The van der Waals surface area contributed by atoms with Crippen molar-refractivity contribution in [3.05, 3.63) is 108 Å². The van der Waals surface area contributed by atoms with Crippen LogP contribution in [0.4, 0.5) is 4.79 Å². The van der Waals surface area contributed by atoms with Gasteiger partial charge in [-0.25, -0.2) is 4.79 Å². The Morgan fingerprint density at radius 3 is 1.82 bits per heavy atom. The number of amides is 1. The van der Waals surface area contributed by atoms with E-state index in [2.05, 4.69) is 85.1 Å². The fraction of sp³-hybridized carbons (Fsp3) is 0.441. The molecule has 0 spiro atoms. The topological polar surface area (TPSA) is 70.6 Å². The highest BCUT2D eigenvalue weighted by Crippen LogP contribution is 2.23. The van der Waals surface area contributed by atoms with Crippen LogP contribution in [0.2, 0.25) is 0 Å². The van der Waals surface area contributed by atoms with Crippen molar-refractivity contribution >= 4 is 6.09 Å². The lowest BCUT2D eigenvalue weighted by Gasteiger charge is -2.33. The molecule has 210 valence electrons. The lowest BCUT2D eigenvalue weighted by atomic mass is 9.91. The van der Waals surface area contributed by atoms with Gasteiger partial charge >= 0.3 is 6.09 Å². The fourth-order valence-electron chi connectivity index (χ4n) is 4.95. The number of aliphatic hydroxyl groups excluding tert-OH is 1. The SMILES string of the molecule is CC(C)CC(CC(O)C(Cc1ccccc1)NC(Cc1ccccc1)c1ccccc1)NC(=O)OC(C)(C)C. The summed E-state index contributed by atoms with van der Waals surface area (Å²) in [6.45, 7) is 9.82. The lowest BCUT2D eigenvalue weighted by molar-refractivity contribution is 0.0454. The van der Waals surface area contributed by atoms with Gasteiger partial charge in [-0.1, -0.05) is 105 Å². The molecule has 3 rings (SSSR count). The van der Waals surface area contributed by atoms with Gasteiger partial charge in [-0.05, 0) is 69.1 Å². The van der Waals surface area contributed by atoms with Gasteiger partial charge in [-0.15, -0.1) is 0 Å². The van der Waals surface area contributed by atoms with E-state index in [1.165, 1.54) is 11.1 Å². The predicted octanol–water partition coefficient (Wildman–Crippen LogP) is 6.86. The number of benzene rings is 3. The first-order valence-corrected chi connectivity index (χ1v) is 14.2. The van der Waals surface area contributed by atoms with Gasteiger partial charge in [0, 0.05) is 18.1 Å². The van der Waals surface area contributed by atoms with Gasteiger partial charge in [0.1, 0.15) is 5.60 Å². The Morgan fingerprint density at radius 1 is 0.795 bits per heavy atom. The van der Waals surface area contributed by atoms with Gasteiger partial charge in [-0.2, -0.15) is 0 Å². The van der Waals surface area contributed by atoms with Gasteiger partial charge in [-0.3, -0.25) is 0 Å². The van der Waals surface area contributed by atoms with Crippen molar-refractivity contribution in [1.82, 2.24) is 10.6 Å². The summed E-state index contributed by atoms with van der Waals surface area (Å²) >= 11 is 0. The van der Waals surface area contributed by atoms with Crippen LogP contribution in [0.5, 0.6) is 0 Å². The summed E-state index contributed by atoms with van der Waals surface area (Å²) in [7, 11) is 0. The van der Waals surface area contributed by atoms with Crippen LogP contribution in [-0.2, 0) is 17.6 Å². The number of aliphatic hydroxyl groups is 1. The quantitative estimate of drug-likeness (QED) is 0.226. The molecule has 0 heterocycles. The predicted molar refractivity (Wildman–Crippen MR) is 160 cm³/mol. The molecular formula is C34H46N2O3. The lowest BCUT2D eigenvalue weighted by Crippen LogP contribution is -2.48. The maximum absolute atomic E-state index is 12.6. The average Bonchev–Trinajstić information content (AvgIpc) is 2.88. The number of rotatable bonds is 13. The smallest absolute Gasteiger partial charge is 0.407 e. The van der Waals surface area contributed by atoms with Crippen molar-refractivity contribution in [3.63, 3.8) is 0 Å². The van der Waals surface area contributed by atoms with Crippen LogP contribution in [0.3, 0.4) is 0 Å². The molecule has 4 atom stereocenters. The van der Waals surface area contributed by atoms with Gasteiger partial charge < -0.3 is 20.5 Å². The largest absolute Gasteiger partial charge is 0.444 e. The van der Waals surface area contributed by atoms with E-state index in [0.29, 0.717) is 18.8 Å². The van der Waals surface area contributed by atoms with E-state index in [4.69, 9.17) is 4.74 Å². The zero-order valence-electron chi connectivity index (χ0n) is 24.1. The van der Waals surface area contributed by atoms with Crippen LogP contribution < -0.4 is 10.6 Å². The number of hydrogen-bond acceptors (Lipinski definition) is 4. The van der Waals surface area contributed by atoms with E-state index in [9.17, 15) is 9.90 Å². The molecule has 0 radical (unpaired) electrons. The summed E-state index contributed by atoms with van der Waals surface area (Å²) in [5.74, 6) is 0.354. The molecular weight excluding hydrogens is 484 g/mol. The fourth-order valence-corrected chi connectivity index (χ4v) is 4.95. The molecule has 3 aromatic carbocycles. The van der Waals surface area contributed by atoms with E-state index < -0.39 is 17.8 Å². The van der Waals surface area contributed by atoms with Crippen LogP contribution in [-0.4, -0.2) is 35.0 Å². The Bertz CT molecular complexity index is 1100. The van der Waals surface area contributed by atoms with Crippen LogP contribution >= 0.6 is 0 Å². The normalized spacial score (nSPS) is 14.8. The van der Waals surface area contributed by atoms with Crippen LogP contribution in [0.25, 0.3) is 0 Å². The third-order valence-corrected chi connectivity index (χ3v) is 6.67. The zero-order chi connectivity index (χ0) is 28.3. The molecule has 0 aliphatic rings. The molecule has 0 aromatic heterocycles. The van der Waals surface area contributed by atoms with E-state index in [1.807, 2.05) is 51.1 Å². The maximum atomic E-state index is 12.6. The number of carbonyl (C=O) groups is 1. The second-order valence-electron chi connectivity index (χ2n) is 11.9. The van der Waals surface area contributed by atoms with Crippen LogP contribution in [0.15, 0.2) is 91.0 Å². The maximum Gasteiger partial charge on any atom is 0.407 e. The molecule has 5 heteroatoms. The summed E-state index contributed by atoms with van der Waals surface area (Å²) in [6.07, 6.45) is 1.51. The first kappa shape index (κ1) is 30.4. The average molecular weight is 531 g/mol. The highest BCUT2D eigenvalue weighted by molar-refractivity contribution is 5.68. The van der Waals surface area contributed by atoms with E-state index in [0.717, 1.165) is 18.4 Å². The molecule has 0 fully saturated rings.